The van der Waals surface area contributed by atoms with Gasteiger partial charge in [-0.2, -0.15) is 28.5 Å². The summed E-state index contributed by atoms with van der Waals surface area (Å²) >= 11 is 0. The molecule has 5 rings (SSSR count). The molecule has 1 aliphatic heterocycles. The topological polar surface area (TPSA) is 84.3 Å². The minimum Gasteiger partial charge on any atom is -0.348 e. The fourth-order valence-corrected chi connectivity index (χ4v) is 4.28. The predicted octanol–water partition coefficient (Wildman–Crippen LogP) is 4.51. The van der Waals surface area contributed by atoms with Gasteiger partial charge in [0.2, 0.25) is 0 Å². The van der Waals surface area contributed by atoms with Crippen LogP contribution >= 0.6 is 0 Å². The average Bonchev–Trinajstić information content (AvgIpc) is 3.57. The lowest BCUT2D eigenvalue weighted by molar-refractivity contribution is -0.143. The third kappa shape index (κ3) is 5.08. The summed E-state index contributed by atoms with van der Waals surface area (Å²) in [7, 11) is 0. The molecule has 12 heteroatoms. The monoisotopic (exact) mass is 489 g/mol. The Hall–Kier alpha value is -3.25. The Balaban J connectivity index is 1.44. The highest BCUT2D eigenvalue weighted by Gasteiger charge is 2.33. The number of nitrogens with zero attached hydrogens (tertiary/aromatic N) is 7. The molecule has 0 saturated carbocycles. The molecule has 5 heterocycles. The molecule has 4 aromatic rings. The van der Waals surface area contributed by atoms with E-state index in [1.54, 1.807) is 40.8 Å². The van der Waals surface area contributed by atoms with Crippen molar-refractivity contribution in [3.8, 4) is 22.6 Å². The van der Waals surface area contributed by atoms with Crippen molar-refractivity contribution in [2.45, 2.75) is 64.3 Å². The van der Waals surface area contributed by atoms with E-state index >= 15 is 0 Å². The Labute approximate surface area is 199 Å². The van der Waals surface area contributed by atoms with Gasteiger partial charge in [0.05, 0.1) is 55.4 Å². The van der Waals surface area contributed by atoms with Gasteiger partial charge >= 0.3 is 6.18 Å². The number of ether oxygens (including phenoxy) is 2. The summed E-state index contributed by atoms with van der Waals surface area (Å²) in [5.41, 5.74) is 3.11. The third-order valence-corrected chi connectivity index (χ3v) is 5.94. The summed E-state index contributed by atoms with van der Waals surface area (Å²) in [4.78, 5) is 4.79. The summed E-state index contributed by atoms with van der Waals surface area (Å²) < 4.78 is 55.3. The lowest BCUT2D eigenvalue weighted by Gasteiger charge is -2.17. The van der Waals surface area contributed by atoms with Crippen molar-refractivity contribution in [1.29, 1.82) is 0 Å². The zero-order valence-electron chi connectivity index (χ0n) is 19.6. The SMILES string of the molecule is CCC(CC(F)(F)F)n1cc(-c2nc(-c3ccn(CC4COC(C)(C)O4)n3)cn3nccc23)cn1. The van der Waals surface area contributed by atoms with Crippen molar-refractivity contribution in [1.82, 2.24) is 34.2 Å². The minimum atomic E-state index is -4.27. The summed E-state index contributed by atoms with van der Waals surface area (Å²) in [5, 5.41) is 13.2. The van der Waals surface area contributed by atoms with Gasteiger partial charge in [-0.1, -0.05) is 6.92 Å². The molecule has 1 saturated heterocycles. The number of hydrogen-bond acceptors (Lipinski definition) is 6. The van der Waals surface area contributed by atoms with Gasteiger partial charge in [0, 0.05) is 18.0 Å². The Bertz CT molecular complexity index is 1320. The van der Waals surface area contributed by atoms with Gasteiger partial charge in [-0.3, -0.25) is 9.36 Å². The molecule has 4 aromatic heterocycles. The Morgan fingerprint density at radius 1 is 1.17 bits per heavy atom. The van der Waals surface area contributed by atoms with Crippen molar-refractivity contribution in [2.24, 2.45) is 0 Å². The lowest BCUT2D eigenvalue weighted by atomic mass is 10.1. The van der Waals surface area contributed by atoms with Crippen molar-refractivity contribution in [3.05, 3.63) is 43.1 Å². The number of rotatable bonds is 7. The predicted molar refractivity (Wildman–Crippen MR) is 120 cm³/mol. The van der Waals surface area contributed by atoms with Crippen molar-refractivity contribution in [3.63, 3.8) is 0 Å². The van der Waals surface area contributed by atoms with Crippen LogP contribution in [-0.2, 0) is 16.0 Å². The van der Waals surface area contributed by atoms with Crippen LogP contribution in [0.25, 0.3) is 28.2 Å². The maximum absolute atomic E-state index is 13.0. The van der Waals surface area contributed by atoms with E-state index in [0.717, 1.165) is 5.52 Å². The third-order valence-electron chi connectivity index (χ3n) is 5.94. The van der Waals surface area contributed by atoms with E-state index in [1.807, 2.05) is 26.1 Å². The van der Waals surface area contributed by atoms with E-state index < -0.39 is 24.4 Å². The standard InChI is InChI=1S/C23H26F3N7O2/c1-4-16(9-23(24,25)26)32-11-15(10-28-32)21-20-5-7-27-33(20)13-19(29-21)18-6-8-31(30-18)12-17-14-34-22(2,3)35-17/h5-8,10-11,13,16-17H,4,9,12,14H2,1-3H3. The second-order valence-electron chi connectivity index (χ2n) is 9.10. The van der Waals surface area contributed by atoms with Crippen LogP contribution in [-0.4, -0.2) is 58.8 Å². The molecule has 0 spiro atoms. The molecule has 1 aliphatic rings. The Kier molecular flexibility index (Phi) is 5.88. The molecular weight excluding hydrogens is 463 g/mol. The minimum absolute atomic E-state index is 0.107. The maximum atomic E-state index is 13.0. The molecule has 186 valence electrons. The van der Waals surface area contributed by atoms with Gasteiger partial charge in [-0.05, 0) is 32.4 Å². The molecular formula is C23H26F3N7O2. The average molecular weight is 490 g/mol. The highest BCUT2D eigenvalue weighted by molar-refractivity contribution is 5.77. The molecule has 1 fully saturated rings. The number of hydrogen-bond donors (Lipinski definition) is 0. The van der Waals surface area contributed by atoms with Crippen LogP contribution in [0.4, 0.5) is 13.2 Å². The second-order valence-corrected chi connectivity index (χ2v) is 9.10. The first-order valence-corrected chi connectivity index (χ1v) is 11.4. The van der Waals surface area contributed by atoms with Crippen molar-refractivity contribution < 1.29 is 22.6 Å². The Morgan fingerprint density at radius 3 is 2.71 bits per heavy atom. The first-order valence-electron chi connectivity index (χ1n) is 11.4. The van der Waals surface area contributed by atoms with Gasteiger partial charge in [-0.15, -0.1) is 0 Å². The maximum Gasteiger partial charge on any atom is 0.391 e. The van der Waals surface area contributed by atoms with E-state index in [-0.39, 0.29) is 6.10 Å². The largest absolute Gasteiger partial charge is 0.391 e. The zero-order valence-corrected chi connectivity index (χ0v) is 19.6. The van der Waals surface area contributed by atoms with Crippen molar-refractivity contribution >= 4 is 5.52 Å². The second kappa shape index (κ2) is 8.76. The van der Waals surface area contributed by atoms with Crippen LogP contribution in [0.5, 0.6) is 0 Å². The van der Waals surface area contributed by atoms with Gasteiger partial charge in [-0.25, -0.2) is 9.50 Å². The lowest BCUT2D eigenvalue weighted by Crippen LogP contribution is -2.24. The quantitative estimate of drug-likeness (QED) is 0.380. The zero-order chi connectivity index (χ0) is 24.8. The molecule has 0 aliphatic carbocycles. The number of halogens is 3. The van der Waals surface area contributed by atoms with Crippen LogP contribution in [0.3, 0.4) is 0 Å². The van der Waals surface area contributed by atoms with Gasteiger partial charge in [0.25, 0.3) is 0 Å². The number of alkyl halides is 3. The van der Waals surface area contributed by atoms with E-state index in [4.69, 9.17) is 14.5 Å². The van der Waals surface area contributed by atoms with Crippen LogP contribution in [0.1, 0.15) is 39.7 Å². The van der Waals surface area contributed by atoms with Crippen LogP contribution in [0, 0.1) is 0 Å². The normalized spacial score (nSPS) is 19.0. The van der Waals surface area contributed by atoms with Gasteiger partial charge < -0.3 is 9.47 Å². The first kappa shape index (κ1) is 23.5. The number of aromatic nitrogens is 7. The van der Waals surface area contributed by atoms with E-state index in [9.17, 15) is 13.2 Å². The number of fused-ring (bicyclic) bond motifs is 1. The summed E-state index contributed by atoms with van der Waals surface area (Å²) in [5.74, 6) is -0.608. The fourth-order valence-electron chi connectivity index (χ4n) is 4.28. The van der Waals surface area contributed by atoms with E-state index in [1.165, 1.54) is 10.9 Å². The summed E-state index contributed by atoms with van der Waals surface area (Å²) in [6.07, 6.45) is 3.40. The van der Waals surface area contributed by atoms with Crippen LogP contribution in [0.15, 0.2) is 43.1 Å². The summed E-state index contributed by atoms with van der Waals surface area (Å²) in [6.45, 7) is 6.48. The first-order chi connectivity index (χ1) is 16.6. The van der Waals surface area contributed by atoms with E-state index in [0.29, 0.717) is 42.2 Å². The highest BCUT2D eigenvalue weighted by Crippen LogP contribution is 2.32. The van der Waals surface area contributed by atoms with Crippen LogP contribution < -0.4 is 0 Å². The molecule has 2 unspecified atom stereocenters. The van der Waals surface area contributed by atoms with Gasteiger partial charge in [0.1, 0.15) is 17.5 Å². The fraction of sp³-hybridized carbons (Fsp3) is 0.478. The Morgan fingerprint density at radius 2 is 2.00 bits per heavy atom. The molecule has 0 bridgehead atoms. The molecule has 2 atom stereocenters. The summed E-state index contributed by atoms with van der Waals surface area (Å²) in [6, 6.07) is 2.87. The van der Waals surface area contributed by atoms with Gasteiger partial charge in [0.15, 0.2) is 5.79 Å². The molecule has 0 aromatic carbocycles. The van der Waals surface area contributed by atoms with Crippen molar-refractivity contribution in [2.75, 3.05) is 6.61 Å². The molecule has 0 radical (unpaired) electrons. The van der Waals surface area contributed by atoms with Crippen LogP contribution in [0.2, 0.25) is 0 Å². The molecule has 35 heavy (non-hydrogen) atoms. The molecule has 9 nitrogen and oxygen atoms in total. The molecule has 0 amide bonds. The highest BCUT2D eigenvalue weighted by atomic mass is 19.4. The smallest absolute Gasteiger partial charge is 0.348 e. The van der Waals surface area contributed by atoms with E-state index in [2.05, 4.69) is 15.3 Å². The molecule has 0 N–H and O–H groups in total.